The van der Waals surface area contributed by atoms with Gasteiger partial charge in [0.2, 0.25) is 11.9 Å². The van der Waals surface area contributed by atoms with Gasteiger partial charge in [-0.2, -0.15) is 15.0 Å². The zero-order valence-electron chi connectivity index (χ0n) is 11.2. The van der Waals surface area contributed by atoms with E-state index in [-0.39, 0.29) is 5.95 Å². The fourth-order valence-electron chi connectivity index (χ4n) is 2.27. The first-order valence-corrected chi connectivity index (χ1v) is 6.81. The molecule has 0 aliphatic carbocycles. The number of rotatable bonds is 3. The quantitative estimate of drug-likeness (QED) is 0.923. The molecule has 1 aromatic heterocycles. The normalized spacial score (nSPS) is 15.1. The Morgan fingerprint density at radius 1 is 0.950 bits per heavy atom. The Morgan fingerprint density at radius 2 is 1.70 bits per heavy atom. The molecule has 2 N–H and O–H groups in total. The Labute approximate surface area is 118 Å². The van der Waals surface area contributed by atoms with Gasteiger partial charge in [0.15, 0.2) is 5.82 Å². The minimum Gasteiger partial charge on any atom is -0.368 e. The number of hydrogen-bond acceptors (Lipinski definition) is 5. The van der Waals surface area contributed by atoms with Gasteiger partial charge in [0.1, 0.15) is 0 Å². The zero-order valence-corrected chi connectivity index (χ0v) is 11.2. The first-order chi connectivity index (χ1) is 9.81. The molecule has 20 heavy (non-hydrogen) atoms. The van der Waals surface area contributed by atoms with Crippen LogP contribution < -0.4 is 10.6 Å². The molecule has 0 bridgehead atoms. The molecule has 1 fully saturated rings. The molecule has 0 saturated carbocycles. The second-order valence-corrected chi connectivity index (χ2v) is 4.79. The zero-order chi connectivity index (χ0) is 13.8. The summed E-state index contributed by atoms with van der Waals surface area (Å²) >= 11 is 0. The highest BCUT2D eigenvalue weighted by molar-refractivity contribution is 5.67. The highest BCUT2D eigenvalue weighted by Gasteiger charge is 2.16. The fourth-order valence-corrected chi connectivity index (χ4v) is 2.27. The maximum atomic E-state index is 5.77. The number of nitrogens with two attached hydrogens (primary N) is 1. The molecule has 2 heterocycles. The van der Waals surface area contributed by atoms with Crippen molar-refractivity contribution in [3.05, 3.63) is 41.7 Å². The van der Waals surface area contributed by atoms with Crippen LogP contribution in [0.2, 0.25) is 0 Å². The van der Waals surface area contributed by atoms with Crippen molar-refractivity contribution in [2.24, 2.45) is 0 Å². The van der Waals surface area contributed by atoms with Gasteiger partial charge in [-0.15, -0.1) is 0 Å². The van der Waals surface area contributed by atoms with Crippen molar-refractivity contribution in [2.45, 2.75) is 12.8 Å². The summed E-state index contributed by atoms with van der Waals surface area (Å²) < 4.78 is 0. The molecule has 0 atom stereocenters. The Bertz CT molecular complexity index is 603. The van der Waals surface area contributed by atoms with E-state index in [2.05, 4.69) is 19.9 Å². The molecule has 5 heteroatoms. The van der Waals surface area contributed by atoms with Crippen molar-refractivity contribution >= 4 is 24.0 Å². The molecular weight excluding hydrogens is 250 g/mol. The van der Waals surface area contributed by atoms with Gasteiger partial charge in [-0.25, -0.2) is 0 Å². The Kier molecular flexibility index (Phi) is 3.58. The average Bonchev–Trinajstić information content (AvgIpc) is 3.00. The third kappa shape index (κ3) is 2.93. The number of nitrogen functional groups attached to an aromatic ring is 1. The summed E-state index contributed by atoms with van der Waals surface area (Å²) in [4.78, 5) is 15.0. The van der Waals surface area contributed by atoms with E-state index in [0.29, 0.717) is 11.8 Å². The average molecular weight is 267 g/mol. The van der Waals surface area contributed by atoms with E-state index >= 15 is 0 Å². The van der Waals surface area contributed by atoms with Crippen molar-refractivity contribution in [1.29, 1.82) is 0 Å². The van der Waals surface area contributed by atoms with Gasteiger partial charge in [0.05, 0.1) is 0 Å². The molecule has 1 aliphatic rings. The number of nitrogens with zero attached hydrogens (tertiary/aromatic N) is 4. The summed E-state index contributed by atoms with van der Waals surface area (Å²) in [6, 6.07) is 10.0. The molecule has 102 valence electrons. The summed E-state index contributed by atoms with van der Waals surface area (Å²) in [7, 11) is 0. The lowest BCUT2D eigenvalue weighted by Gasteiger charge is -2.14. The molecule has 1 saturated heterocycles. The monoisotopic (exact) mass is 267 g/mol. The van der Waals surface area contributed by atoms with Gasteiger partial charge < -0.3 is 10.6 Å². The maximum absolute atomic E-state index is 5.77. The Hall–Kier alpha value is -2.43. The lowest BCUT2D eigenvalue weighted by Crippen LogP contribution is -2.21. The van der Waals surface area contributed by atoms with Crippen LogP contribution in [0.4, 0.5) is 11.9 Å². The van der Waals surface area contributed by atoms with E-state index in [9.17, 15) is 0 Å². The smallest absolute Gasteiger partial charge is 0.230 e. The van der Waals surface area contributed by atoms with Gasteiger partial charge in [-0.3, -0.25) is 0 Å². The van der Waals surface area contributed by atoms with Crippen molar-refractivity contribution in [2.75, 3.05) is 23.7 Å². The number of benzene rings is 1. The number of hydrogen-bond donors (Lipinski definition) is 1. The lowest BCUT2D eigenvalue weighted by molar-refractivity contribution is 0.879. The summed E-state index contributed by atoms with van der Waals surface area (Å²) in [5.74, 6) is 1.56. The minimum atomic E-state index is 0.273. The van der Waals surface area contributed by atoms with Crippen LogP contribution in [0.25, 0.3) is 12.2 Å². The van der Waals surface area contributed by atoms with Crippen molar-refractivity contribution in [3.63, 3.8) is 0 Å². The third-order valence-corrected chi connectivity index (χ3v) is 3.27. The van der Waals surface area contributed by atoms with Gasteiger partial charge in [0.25, 0.3) is 0 Å². The molecule has 0 amide bonds. The van der Waals surface area contributed by atoms with E-state index < -0.39 is 0 Å². The van der Waals surface area contributed by atoms with Gasteiger partial charge in [-0.1, -0.05) is 36.4 Å². The van der Waals surface area contributed by atoms with Crippen LogP contribution >= 0.6 is 0 Å². The van der Waals surface area contributed by atoms with E-state index in [0.717, 1.165) is 18.7 Å². The molecule has 0 spiro atoms. The van der Waals surface area contributed by atoms with Crippen LogP contribution in [0, 0.1) is 0 Å². The summed E-state index contributed by atoms with van der Waals surface area (Å²) in [6.07, 6.45) is 6.21. The van der Waals surface area contributed by atoms with E-state index in [1.807, 2.05) is 42.5 Å². The lowest BCUT2D eigenvalue weighted by atomic mass is 10.2. The first-order valence-electron chi connectivity index (χ1n) is 6.81. The second-order valence-electron chi connectivity index (χ2n) is 4.79. The molecule has 0 radical (unpaired) electrons. The van der Waals surface area contributed by atoms with Crippen LogP contribution in [0.5, 0.6) is 0 Å². The van der Waals surface area contributed by atoms with Gasteiger partial charge in [-0.05, 0) is 24.5 Å². The largest absolute Gasteiger partial charge is 0.368 e. The Morgan fingerprint density at radius 3 is 2.45 bits per heavy atom. The van der Waals surface area contributed by atoms with Crippen LogP contribution in [0.15, 0.2) is 30.3 Å². The minimum absolute atomic E-state index is 0.273. The van der Waals surface area contributed by atoms with Gasteiger partial charge >= 0.3 is 0 Å². The first kappa shape index (κ1) is 12.6. The van der Waals surface area contributed by atoms with Gasteiger partial charge in [0, 0.05) is 13.1 Å². The molecule has 5 nitrogen and oxygen atoms in total. The van der Waals surface area contributed by atoms with Crippen molar-refractivity contribution < 1.29 is 0 Å². The second kappa shape index (κ2) is 5.69. The van der Waals surface area contributed by atoms with E-state index in [1.54, 1.807) is 0 Å². The molecule has 3 rings (SSSR count). The summed E-state index contributed by atoms with van der Waals surface area (Å²) in [5, 5.41) is 0. The highest BCUT2D eigenvalue weighted by Crippen LogP contribution is 2.16. The predicted octanol–water partition coefficient (Wildman–Crippen LogP) is 2.22. The predicted molar refractivity (Wildman–Crippen MR) is 81.1 cm³/mol. The van der Waals surface area contributed by atoms with Crippen LogP contribution in [-0.4, -0.2) is 28.0 Å². The Balaban J connectivity index is 1.84. The standard InChI is InChI=1S/C15H17N5/c16-14-17-13(9-8-12-6-2-1-3-7-12)18-15(19-14)20-10-4-5-11-20/h1-3,6-9H,4-5,10-11H2,(H2,16,17,18,19)/b9-8+. The van der Waals surface area contributed by atoms with Crippen LogP contribution in [0.1, 0.15) is 24.2 Å². The molecule has 2 aromatic rings. The number of anilines is 2. The van der Waals surface area contributed by atoms with Crippen molar-refractivity contribution in [3.8, 4) is 0 Å². The molecule has 1 aromatic carbocycles. The molecule has 0 unspecified atom stereocenters. The molecular formula is C15H17N5. The topological polar surface area (TPSA) is 67.9 Å². The van der Waals surface area contributed by atoms with Crippen molar-refractivity contribution in [1.82, 2.24) is 15.0 Å². The SMILES string of the molecule is Nc1nc(/C=C/c2ccccc2)nc(N2CCCC2)n1. The molecule has 1 aliphatic heterocycles. The van der Waals surface area contributed by atoms with Crippen LogP contribution in [0.3, 0.4) is 0 Å². The summed E-state index contributed by atoms with van der Waals surface area (Å²) in [5.41, 5.74) is 6.88. The maximum Gasteiger partial charge on any atom is 0.230 e. The van der Waals surface area contributed by atoms with E-state index in [4.69, 9.17) is 5.73 Å². The van der Waals surface area contributed by atoms with Crippen LogP contribution in [-0.2, 0) is 0 Å². The highest BCUT2D eigenvalue weighted by atomic mass is 15.3. The summed E-state index contributed by atoms with van der Waals surface area (Å²) in [6.45, 7) is 1.98. The van der Waals surface area contributed by atoms with E-state index in [1.165, 1.54) is 12.8 Å². The fraction of sp³-hybridized carbons (Fsp3) is 0.267. The number of aromatic nitrogens is 3. The third-order valence-electron chi connectivity index (χ3n) is 3.27.